The van der Waals surface area contributed by atoms with Gasteiger partial charge in [-0.3, -0.25) is 0 Å². The first-order valence-electron chi connectivity index (χ1n) is 6.38. The highest BCUT2D eigenvalue weighted by Gasteiger charge is 2.09. The molecule has 1 aromatic carbocycles. The highest BCUT2D eigenvalue weighted by molar-refractivity contribution is 5.35. The van der Waals surface area contributed by atoms with Crippen LogP contribution in [0.25, 0.3) is 5.69 Å². The number of rotatable bonds is 4. The molecule has 1 aromatic heterocycles. The number of hydrogen-bond donors (Lipinski definition) is 1. The Hall–Kier alpha value is -1.68. The molecule has 0 saturated heterocycles. The lowest BCUT2D eigenvalue weighted by Crippen LogP contribution is -2.02. The van der Waals surface area contributed by atoms with Crippen molar-refractivity contribution in [3.63, 3.8) is 0 Å². The van der Waals surface area contributed by atoms with Crippen molar-refractivity contribution in [2.24, 2.45) is 0 Å². The summed E-state index contributed by atoms with van der Waals surface area (Å²) in [4.78, 5) is 4.48. The van der Waals surface area contributed by atoms with Crippen molar-refractivity contribution in [1.82, 2.24) is 14.8 Å². The minimum absolute atomic E-state index is 0.438. The summed E-state index contributed by atoms with van der Waals surface area (Å²) in [6.45, 7) is 5.89. The summed E-state index contributed by atoms with van der Waals surface area (Å²) < 4.78 is 1.88. The lowest BCUT2D eigenvalue weighted by molar-refractivity contribution is 0.199. The molecular weight excluding hydrogens is 226 g/mol. The van der Waals surface area contributed by atoms with Crippen LogP contribution in [0.3, 0.4) is 0 Å². The summed E-state index contributed by atoms with van der Waals surface area (Å²) in [5, 5.41) is 14.0. The summed E-state index contributed by atoms with van der Waals surface area (Å²) in [6, 6.07) is 7.78. The van der Waals surface area contributed by atoms with Gasteiger partial charge in [0.1, 0.15) is 5.82 Å². The monoisotopic (exact) mass is 245 g/mol. The Balaban J connectivity index is 2.38. The van der Waals surface area contributed by atoms with Crippen LogP contribution >= 0.6 is 0 Å². The molecule has 4 nitrogen and oxygen atoms in total. The molecule has 2 rings (SSSR count). The first-order valence-corrected chi connectivity index (χ1v) is 6.38. The predicted octanol–water partition coefficient (Wildman–Crippen LogP) is 2.45. The van der Waals surface area contributed by atoms with Crippen LogP contribution in [-0.2, 0) is 12.8 Å². The highest BCUT2D eigenvalue weighted by Crippen LogP contribution is 2.16. The molecule has 1 N–H and O–H groups in total. The smallest absolute Gasteiger partial charge is 0.151 e. The van der Waals surface area contributed by atoms with Crippen molar-refractivity contribution < 1.29 is 5.11 Å². The van der Waals surface area contributed by atoms with Gasteiger partial charge < -0.3 is 5.11 Å². The van der Waals surface area contributed by atoms with E-state index >= 15 is 0 Å². The molecule has 0 bridgehead atoms. The van der Waals surface area contributed by atoms with Gasteiger partial charge in [0.05, 0.1) is 11.8 Å². The largest absolute Gasteiger partial charge is 0.389 e. The fraction of sp³-hybridized carbons (Fsp3) is 0.429. The molecule has 0 saturated carbocycles. The summed E-state index contributed by atoms with van der Waals surface area (Å²) in [5.74, 6) is 1.84. The molecule has 0 aliphatic rings. The zero-order chi connectivity index (χ0) is 13.1. The van der Waals surface area contributed by atoms with Gasteiger partial charge in [0.2, 0.25) is 0 Å². The van der Waals surface area contributed by atoms with Gasteiger partial charge in [-0.25, -0.2) is 9.67 Å². The molecule has 0 fully saturated rings. The Kier molecular flexibility index (Phi) is 3.77. The van der Waals surface area contributed by atoms with E-state index in [1.165, 1.54) is 0 Å². The third-order valence-electron chi connectivity index (χ3n) is 2.97. The van der Waals surface area contributed by atoms with Gasteiger partial charge >= 0.3 is 0 Å². The first-order chi connectivity index (χ1) is 8.65. The van der Waals surface area contributed by atoms with Crippen LogP contribution in [0.1, 0.15) is 44.1 Å². The molecule has 96 valence electrons. The second-order valence-electron chi connectivity index (χ2n) is 4.33. The molecule has 1 unspecified atom stereocenters. The lowest BCUT2D eigenvalue weighted by Gasteiger charge is -2.07. The molecular formula is C14H19N3O. The SMILES string of the molecule is CCc1nc(CC)n(-c2ccc(C(C)O)cc2)n1. The van der Waals surface area contributed by atoms with E-state index in [2.05, 4.69) is 23.9 Å². The third-order valence-corrected chi connectivity index (χ3v) is 2.97. The maximum atomic E-state index is 9.49. The van der Waals surface area contributed by atoms with E-state index in [1.54, 1.807) is 6.92 Å². The van der Waals surface area contributed by atoms with Gasteiger partial charge in [0.25, 0.3) is 0 Å². The summed E-state index contributed by atoms with van der Waals surface area (Å²) in [7, 11) is 0. The molecule has 0 spiro atoms. The normalized spacial score (nSPS) is 12.7. The maximum absolute atomic E-state index is 9.49. The number of nitrogens with zero attached hydrogens (tertiary/aromatic N) is 3. The lowest BCUT2D eigenvalue weighted by atomic mass is 10.1. The van der Waals surface area contributed by atoms with Crippen LogP contribution < -0.4 is 0 Å². The van der Waals surface area contributed by atoms with E-state index in [-0.39, 0.29) is 0 Å². The van der Waals surface area contributed by atoms with Crippen LogP contribution in [0.2, 0.25) is 0 Å². The number of aliphatic hydroxyl groups excluding tert-OH is 1. The van der Waals surface area contributed by atoms with Crippen molar-refractivity contribution >= 4 is 0 Å². The van der Waals surface area contributed by atoms with Gasteiger partial charge in [-0.05, 0) is 24.6 Å². The quantitative estimate of drug-likeness (QED) is 0.900. The summed E-state index contributed by atoms with van der Waals surface area (Å²) in [6.07, 6.45) is 1.25. The van der Waals surface area contributed by atoms with Crippen molar-refractivity contribution in [2.75, 3.05) is 0 Å². The van der Waals surface area contributed by atoms with Crippen molar-refractivity contribution in [3.05, 3.63) is 41.5 Å². The molecule has 1 atom stereocenters. The fourth-order valence-electron chi connectivity index (χ4n) is 1.87. The molecule has 0 aliphatic carbocycles. The van der Waals surface area contributed by atoms with Gasteiger partial charge in [-0.15, -0.1) is 0 Å². The summed E-state index contributed by atoms with van der Waals surface area (Å²) in [5.41, 5.74) is 1.90. The second-order valence-corrected chi connectivity index (χ2v) is 4.33. The van der Waals surface area contributed by atoms with Crippen molar-refractivity contribution in [3.8, 4) is 5.69 Å². The van der Waals surface area contributed by atoms with Gasteiger partial charge in [0, 0.05) is 12.8 Å². The summed E-state index contributed by atoms with van der Waals surface area (Å²) >= 11 is 0. The predicted molar refractivity (Wildman–Crippen MR) is 70.7 cm³/mol. The minimum Gasteiger partial charge on any atom is -0.389 e. The van der Waals surface area contributed by atoms with Crippen LogP contribution in [-0.4, -0.2) is 19.9 Å². The number of aliphatic hydroxyl groups is 1. The molecule has 1 heterocycles. The minimum atomic E-state index is -0.438. The van der Waals surface area contributed by atoms with E-state index in [4.69, 9.17) is 0 Å². The van der Waals surface area contributed by atoms with E-state index in [0.717, 1.165) is 35.7 Å². The van der Waals surface area contributed by atoms with Crippen LogP contribution in [0.4, 0.5) is 0 Å². The zero-order valence-corrected chi connectivity index (χ0v) is 11.1. The molecule has 4 heteroatoms. The average Bonchev–Trinajstić information content (AvgIpc) is 2.82. The third kappa shape index (κ3) is 2.43. The Morgan fingerprint density at radius 3 is 2.33 bits per heavy atom. The number of aromatic nitrogens is 3. The van der Waals surface area contributed by atoms with Gasteiger partial charge in [-0.1, -0.05) is 26.0 Å². The standard InChI is InChI=1S/C14H19N3O/c1-4-13-15-14(5-2)17(16-13)12-8-6-11(7-9-12)10(3)18/h6-10,18H,4-5H2,1-3H3. The Morgan fingerprint density at radius 1 is 1.17 bits per heavy atom. The van der Waals surface area contributed by atoms with Gasteiger partial charge in [-0.2, -0.15) is 5.10 Å². The molecule has 0 amide bonds. The Labute approximate surface area is 107 Å². The second kappa shape index (κ2) is 5.31. The van der Waals surface area contributed by atoms with E-state index < -0.39 is 6.10 Å². The van der Waals surface area contributed by atoms with Crippen LogP contribution in [0.5, 0.6) is 0 Å². The fourth-order valence-corrected chi connectivity index (χ4v) is 1.87. The Bertz CT molecular complexity index is 514. The zero-order valence-electron chi connectivity index (χ0n) is 11.1. The molecule has 2 aromatic rings. The molecule has 18 heavy (non-hydrogen) atoms. The first kappa shape index (κ1) is 12.8. The van der Waals surface area contributed by atoms with E-state index in [1.807, 2.05) is 28.9 Å². The van der Waals surface area contributed by atoms with Crippen LogP contribution in [0.15, 0.2) is 24.3 Å². The number of benzene rings is 1. The van der Waals surface area contributed by atoms with Gasteiger partial charge in [0.15, 0.2) is 5.82 Å². The van der Waals surface area contributed by atoms with Crippen LogP contribution in [0, 0.1) is 0 Å². The van der Waals surface area contributed by atoms with E-state index in [0.29, 0.717) is 0 Å². The number of hydrogen-bond acceptors (Lipinski definition) is 3. The van der Waals surface area contributed by atoms with Crippen molar-refractivity contribution in [2.45, 2.75) is 39.7 Å². The van der Waals surface area contributed by atoms with E-state index in [9.17, 15) is 5.11 Å². The van der Waals surface area contributed by atoms with Crippen molar-refractivity contribution in [1.29, 1.82) is 0 Å². The molecule has 0 radical (unpaired) electrons. The molecule has 0 aliphatic heterocycles. The Morgan fingerprint density at radius 2 is 1.83 bits per heavy atom. The topological polar surface area (TPSA) is 50.9 Å². The average molecular weight is 245 g/mol. The highest BCUT2D eigenvalue weighted by atomic mass is 16.3. The number of aryl methyl sites for hydroxylation is 2. The maximum Gasteiger partial charge on any atom is 0.151 e.